The quantitative estimate of drug-likeness (QED) is 0.467. The van der Waals surface area contributed by atoms with Crippen molar-refractivity contribution < 1.29 is 23.9 Å². The van der Waals surface area contributed by atoms with Crippen molar-refractivity contribution in [3.05, 3.63) is 70.6 Å². The highest BCUT2D eigenvalue weighted by molar-refractivity contribution is 8.18. The van der Waals surface area contributed by atoms with E-state index in [9.17, 15) is 14.4 Å². The molecule has 166 valence electrons. The molecule has 1 aliphatic rings. The van der Waals surface area contributed by atoms with Gasteiger partial charge in [-0.2, -0.15) is 0 Å². The molecule has 7 nitrogen and oxygen atoms in total. The Balaban J connectivity index is 1.78. The Morgan fingerprint density at radius 1 is 1.19 bits per heavy atom. The third-order valence-corrected chi connectivity index (χ3v) is 5.45. The van der Waals surface area contributed by atoms with Crippen molar-refractivity contribution in [2.75, 3.05) is 25.6 Å². The zero-order valence-electron chi connectivity index (χ0n) is 18.1. The van der Waals surface area contributed by atoms with E-state index in [2.05, 4.69) is 11.9 Å². The number of nitrogens with zero attached hydrogens (tertiary/aromatic N) is 1. The van der Waals surface area contributed by atoms with Gasteiger partial charge in [0.2, 0.25) is 5.91 Å². The van der Waals surface area contributed by atoms with Crippen molar-refractivity contribution in [3.63, 3.8) is 0 Å². The number of carbonyl (C=O) groups is 3. The van der Waals surface area contributed by atoms with Crippen LogP contribution in [0.5, 0.6) is 11.5 Å². The van der Waals surface area contributed by atoms with Crippen molar-refractivity contribution >= 4 is 40.6 Å². The second kappa shape index (κ2) is 10.2. The standard InChI is InChI=1S/C24H24N2O5S/c1-5-9-31-22-17(7-6-8-19(22)30-4)13-20-23(28)26(24(29)32-20)14-21(27)25-18-11-15(2)10-16(3)12-18/h5-8,10-13H,1,9,14H2,2-4H3,(H,25,27)/b20-13-. The number of rotatable bonds is 8. The van der Waals surface area contributed by atoms with Crippen LogP contribution in [0.2, 0.25) is 0 Å². The molecule has 0 atom stereocenters. The van der Waals surface area contributed by atoms with Gasteiger partial charge in [-0.15, -0.1) is 0 Å². The first kappa shape index (κ1) is 23.1. The normalized spacial score (nSPS) is 14.6. The zero-order valence-corrected chi connectivity index (χ0v) is 19.0. The molecule has 1 heterocycles. The van der Waals surface area contributed by atoms with Crippen LogP contribution < -0.4 is 14.8 Å². The molecule has 8 heteroatoms. The molecule has 2 aromatic rings. The maximum absolute atomic E-state index is 12.8. The molecule has 0 unspecified atom stereocenters. The fraction of sp³-hybridized carbons (Fsp3) is 0.208. The SMILES string of the molecule is C=CCOc1c(/C=C2\SC(=O)N(CC(=O)Nc3cc(C)cc(C)c3)C2=O)cccc1OC. The van der Waals surface area contributed by atoms with Gasteiger partial charge in [-0.25, -0.2) is 0 Å². The highest BCUT2D eigenvalue weighted by Crippen LogP contribution is 2.37. The Kier molecular flexibility index (Phi) is 7.37. The Morgan fingerprint density at radius 3 is 2.56 bits per heavy atom. The second-order valence-corrected chi connectivity index (χ2v) is 8.16. The number of carbonyl (C=O) groups excluding carboxylic acids is 3. The van der Waals surface area contributed by atoms with Crippen LogP contribution in [0, 0.1) is 13.8 Å². The fourth-order valence-corrected chi connectivity index (χ4v) is 4.10. The van der Waals surface area contributed by atoms with Gasteiger partial charge in [-0.1, -0.05) is 30.9 Å². The van der Waals surface area contributed by atoms with Crippen molar-refractivity contribution in [2.24, 2.45) is 0 Å². The van der Waals surface area contributed by atoms with Gasteiger partial charge in [0.25, 0.3) is 11.1 Å². The van der Waals surface area contributed by atoms with Gasteiger partial charge < -0.3 is 14.8 Å². The van der Waals surface area contributed by atoms with E-state index in [0.717, 1.165) is 27.8 Å². The summed E-state index contributed by atoms with van der Waals surface area (Å²) in [6.07, 6.45) is 3.16. The first-order valence-electron chi connectivity index (χ1n) is 9.86. The summed E-state index contributed by atoms with van der Waals surface area (Å²) in [5.74, 6) is -0.0510. The second-order valence-electron chi connectivity index (χ2n) is 7.17. The van der Waals surface area contributed by atoms with Crippen LogP contribution in [0.15, 0.2) is 54.0 Å². The summed E-state index contributed by atoms with van der Waals surface area (Å²) in [5.41, 5.74) is 3.20. The minimum atomic E-state index is -0.534. The molecular formula is C24H24N2O5S. The summed E-state index contributed by atoms with van der Waals surface area (Å²) < 4.78 is 11.0. The first-order chi connectivity index (χ1) is 15.3. The van der Waals surface area contributed by atoms with Gasteiger partial charge in [0.15, 0.2) is 11.5 Å². The van der Waals surface area contributed by atoms with E-state index in [4.69, 9.17) is 9.47 Å². The average molecular weight is 453 g/mol. The van der Waals surface area contributed by atoms with E-state index in [0.29, 0.717) is 22.7 Å². The number of nitrogens with one attached hydrogen (secondary N) is 1. The molecule has 0 aliphatic carbocycles. The molecular weight excluding hydrogens is 428 g/mol. The summed E-state index contributed by atoms with van der Waals surface area (Å²) in [6, 6.07) is 10.9. The zero-order chi connectivity index (χ0) is 23.3. The average Bonchev–Trinajstić information content (AvgIpc) is 2.99. The van der Waals surface area contributed by atoms with Crippen LogP contribution in [0.1, 0.15) is 16.7 Å². The number of amides is 3. The molecule has 1 fully saturated rings. The predicted molar refractivity (Wildman–Crippen MR) is 126 cm³/mol. The molecule has 0 bridgehead atoms. The number of aryl methyl sites for hydroxylation is 2. The number of para-hydroxylation sites is 1. The molecule has 1 saturated heterocycles. The van der Waals surface area contributed by atoms with Crippen LogP contribution in [0.25, 0.3) is 6.08 Å². The molecule has 1 aliphatic heterocycles. The Morgan fingerprint density at radius 2 is 1.91 bits per heavy atom. The number of thioether (sulfide) groups is 1. The molecule has 3 amide bonds. The Labute approximate surface area is 191 Å². The minimum Gasteiger partial charge on any atom is -0.493 e. The summed E-state index contributed by atoms with van der Waals surface area (Å²) in [6.45, 7) is 7.37. The van der Waals surface area contributed by atoms with Gasteiger partial charge in [0.05, 0.1) is 12.0 Å². The molecule has 3 rings (SSSR count). The van der Waals surface area contributed by atoms with Crippen molar-refractivity contribution in [3.8, 4) is 11.5 Å². The molecule has 2 aromatic carbocycles. The van der Waals surface area contributed by atoms with E-state index in [-0.39, 0.29) is 18.1 Å². The molecule has 1 N–H and O–H groups in total. The Hall–Kier alpha value is -3.52. The number of hydrogen-bond donors (Lipinski definition) is 1. The highest BCUT2D eigenvalue weighted by atomic mass is 32.2. The lowest BCUT2D eigenvalue weighted by atomic mass is 10.1. The summed E-state index contributed by atoms with van der Waals surface area (Å²) in [7, 11) is 1.52. The number of hydrogen-bond acceptors (Lipinski definition) is 6. The van der Waals surface area contributed by atoms with Crippen molar-refractivity contribution in [1.82, 2.24) is 4.90 Å². The maximum Gasteiger partial charge on any atom is 0.294 e. The fourth-order valence-electron chi connectivity index (χ4n) is 3.27. The van der Waals surface area contributed by atoms with E-state index in [1.165, 1.54) is 7.11 Å². The van der Waals surface area contributed by atoms with Crippen LogP contribution in [-0.4, -0.2) is 42.2 Å². The number of methoxy groups -OCH3 is 1. The maximum atomic E-state index is 12.8. The summed E-state index contributed by atoms with van der Waals surface area (Å²) in [5, 5.41) is 2.24. The number of benzene rings is 2. The Bertz CT molecular complexity index is 1090. The van der Waals surface area contributed by atoms with Gasteiger partial charge in [0.1, 0.15) is 13.2 Å². The molecule has 0 saturated carbocycles. The number of imide groups is 1. The van der Waals surface area contributed by atoms with Gasteiger partial charge >= 0.3 is 0 Å². The molecule has 0 radical (unpaired) electrons. The van der Waals surface area contributed by atoms with Crippen LogP contribution in [0.4, 0.5) is 10.5 Å². The highest BCUT2D eigenvalue weighted by Gasteiger charge is 2.36. The lowest BCUT2D eigenvalue weighted by Crippen LogP contribution is -2.36. The monoisotopic (exact) mass is 452 g/mol. The summed E-state index contributed by atoms with van der Waals surface area (Å²) >= 11 is 0.778. The minimum absolute atomic E-state index is 0.200. The largest absolute Gasteiger partial charge is 0.493 e. The van der Waals surface area contributed by atoms with E-state index in [1.807, 2.05) is 32.0 Å². The lowest BCUT2D eigenvalue weighted by molar-refractivity contribution is -0.127. The first-order valence-corrected chi connectivity index (χ1v) is 10.7. The molecule has 32 heavy (non-hydrogen) atoms. The number of anilines is 1. The van der Waals surface area contributed by atoms with Crippen molar-refractivity contribution in [1.29, 1.82) is 0 Å². The summed E-state index contributed by atoms with van der Waals surface area (Å²) in [4.78, 5) is 38.9. The number of ether oxygens (including phenoxy) is 2. The van der Waals surface area contributed by atoms with Gasteiger partial charge in [-0.05, 0) is 61.0 Å². The van der Waals surface area contributed by atoms with Gasteiger partial charge in [-0.3, -0.25) is 19.3 Å². The van der Waals surface area contributed by atoms with E-state index >= 15 is 0 Å². The van der Waals surface area contributed by atoms with Crippen LogP contribution in [0.3, 0.4) is 0 Å². The van der Waals surface area contributed by atoms with E-state index in [1.54, 1.807) is 30.4 Å². The lowest BCUT2D eigenvalue weighted by Gasteiger charge is -2.13. The molecule has 0 spiro atoms. The topological polar surface area (TPSA) is 84.9 Å². The van der Waals surface area contributed by atoms with Crippen LogP contribution in [-0.2, 0) is 9.59 Å². The smallest absolute Gasteiger partial charge is 0.294 e. The predicted octanol–water partition coefficient (Wildman–Crippen LogP) is 4.55. The van der Waals surface area contributed by atoms with Gasteiger partial charge in [0, 0.05) is 11.3 Å². The molecule has 0 aromatic heterocycles. The third kappa shape index (κ3) is 5.39. The van der Waals surface area contributed by atoms with E-state index < -0.39 is 17.1 Å². The van der Waals surface area contributed by atoms with Crippen LogP contribution >= 0.6 is 11.8 Å². The third-order valence-electron chi connectivity index (χ3n) is 4.54. The van der Waals surface area contributed by atoms with Crippen molar-refractivity contribution in [2.45, 2.75) is 13.8 Å².